The van der Waals surface area contributed by atoms with Crippen molar-refractivity contribution >= 4 is 43.1 Å². The zero-order valence-corrected chi connectivity index (χ0v) is 12.6. The molecule has 1 heterocycles. The lowest BCUT2D eigenvalue weighted by Crippen LogP contribution is -2.17. The number of fused-ring (bicyclic) bond motifs is 1. The fourth-order valence-corrected chi connectivity index (χ4v) is 3.65. The Labute approximate surface area is 121 Å². The molecule has 0 fully saturated rings. The second-order valence-corrected chi connectivity index (χ2v) is 7.06. The molecule has 0 aliphatic rings. The van der Waals surface area contributed by atoms with Gasteiger partial charge >= 0.3 is 5.97 Å². The van der Waals surface area contributed by atoms with Crippen LogP contribution in [-0.4, -0.2) is 27.2 Å². The first-order valence-electron chi connectivity index (χ1n) is 6.05. The van der Waals surface area contributed by atoms with Crippen LogP contribution in [0.4, 0.5) is 5.69 Å². The van der Waals surface area contributed by atoms with Gasteiger partial charge in [0.1, 0.15) is 0 Å². The van der Waals surface area contributed by atoms with Gasteiger partial charge in [0, 0.05) is 16.8 Å². The Morgan fingerprint density at radius 3 is 2.90 bits per heavy atom. The van der Waals surface area contributed by atoms with Crippen molar-refractivity contribution < 1.29 is 17.9 Å². The summed E-state index contributed by atoms with van der Waals surface area (Å²) in [5, 5.41) is 2.96. The van der Waals surface area contributed by atoms with Crippen LogP contribution >= 0.6 is 11.3 Å². The maximum Gasteiger partial charge on any atom is 0.305 e. The van der Waals surface area contributed by atoms with Crippen LogP contribution < -0.4 is 4.72 Å². The van der Waals surface area contributed by atoms with Gasteiger partial charge in [-0.3, -0.25) is 9.52 Å². The lowest BCUT2D eigenvalue weighted by molar-refractivity contribution is -0.140. The van der Waals surface area contributed by atoms with Gasteiger partial charge in [0.05, 0.1) is 12.9 Å². The van der Waals surface area contributed by atoms with E-state index in [2.05, 4.69) is 9.46 Å². The molecular formula is C13H15NO4S2. The minimum Gasteiger partial charge on any atom is -0.469 e. The Hall–Kier alpha value is -1.60. The molecule has 5 nitrogen and oxygen atoms in total. The molecule has 0 unspecified atom stereocenters. The lowest BCUT2D eigenvalue weighted by atomic mass is 10.2. The van der Waals surface area contributed by atoms with Crippen LogP contribution in [0.2, 0.25) is 0 Å². The molecule has 0 spiro atoms. The number of methoxy groups -OCH3 is 1. The van der Waals surface area contributed by atoms with Gasteiger partial charge in [-0.05, 0) is 41.5 Å². The van der Waals surface area contributed by atoms with E-state index in [0.29, 0.717) is 5.69 Å². The molecule has 0 aliphatic heterocycles. The van der Waals surface area contributed by atoms with Crippen molar-refractivity contribution in [3.8, 4) is 0 Å². The number of sulfonamides is 1. The van der Waals surface area contributed by atoms with Crippen LogP contribution in [0, 0.1) is 0 Å². The van der Waals surface area contributed by atoms with Crippen LogP contribution in [0.1, 0.15) is 12.8 Å². The van der Waals surface area contributed by atoms with E-state index in [4.69, 9.17) is 0 Å². The molecule has 0 amide bonds. The SMILES string of the molecule is COC(=O)CCCS(=O)(=O)Nc1ccc2sccc2c1. The predicted octanol–water partition coefficient (Wildman–Crippen LogP) is 2.60. The van der Waals surface area contributed by atoms with Crippen molar-refractivity contribution in [2.24, 2.45) is 0 Å². The summed E-state index contributed by atoms with van der Waals surface area (Å²) >= 11 is 1.60. The van der Waals surface area contributed by atoms with Crippen molar-refractivity contribution in [2.45, 2.75) is 12.8 Å². The minimum absolute atomic E-state index is 0.0982. The first-order chi connectivity index (χ1) is 9.50. The molecule has 0 aliphatic carbocycles. The summed E-state index contributed by atoms with van der Waals surface area (Å²) in [6, 6.07) is 7.35. The highest BCUT2D eigenvalue weighted by Crippen LogP contribution is 2.24. The standard InChI is InChI=1S/C13H15NO4S2/c1-18-13(15)3-2-8-20(16,17)14-11-4-5-12-10(9-11)6-7-19-12/h4-7,9,14H,2-3,8H2,1H3. The summed E-state index contributed by atoms with van der Waals surface area (Å²) in [5.41, 5.74) is 0.536. The van der Waals surface area contributed by atoms with Gasteiger partial charge in [0.25, 0.3) is 0 Å². The molecule has 0 bridgehead atoms. The fourth-order valence-electron chi connectivity index (χ4n) is 1.77. The monoisotopic (exact) mass is 313 g/mol. The average Bonchev–Trinajstić information content (AvgIpc) is 2.85. The molecule has 0 atom stereocenters. The van der Waals surface area contributed by atoms with Crippen molar-refractivity contribution in [3.05, 3.63) is 29.6 Å². The quantitative estimate of drug-likeness (QED) is 0.832. The van der Waals surface area contributed by atoms with E-state index >= 15 is 0 Å². The average molecular weight is 313 g/mol. The molecule has 7 heteroatoms. The van der Waals surface area contributed by atoms with E-state index in [1.165, 1.54) is 7.11 Å². The maximum absolute atomic E-state index is 11.9. The van der Waals surface area contributed by atoms with E-state index in [9.17, 15) is 13.2 Å². The number of benzene rings is 1. The van der Waals surface area contributed by atoms with Crippen LogP contribution in [0.5, 0.6) is 0 Å². The highest BCUT2D eigenvalue weighted by Gasteiger charge is 2.12. The molecule has 2 aromatic rings. The van der Waals surface area contributed by atoms with Gasteiger partial charge in [-0.15, -0.1) is 11.3 Å². The lowest BCUT2D eigenvalue weighted by Gasteiger charge is -2.07. The summed E-state index contributed by atoms with van der Waals surface area (Å²) in [5.74, 6) is -0.510. The molecule has 1 N–H and O–H groups in total. The summed E-state index contributed by atoms with van der Waals surface area (Å²) in [6.07, 6.45) is 0.337. The van der Waals surface area contributed by atoms with Crippen LogP contribution in [0.15, 0.2) is 29.6 Å². The number of carbonyl (C=O) groups excluding carboxylic acids is 1. The van der Waals surface area contributed by atoms with Gasteiger partial charge in [-0.25, -0.2) is 8.42 Å². The first-order valence-corrected chi connectivity index (χ1v) is 8.58. The van der Waals surface area contributed by atoms with Gasteiger partial charge < -0.3 is 4.74 Å². The van der Waals surface area contributed by atoms with Crippen LogP contribution in [0.25, 0.3) is 10.1 Å². The highest BCUT2D eigenvalue weighted by molar-refractivity contribution is 7.92. The van der Waals surface area contributed by atoms with Gasteiger partial charge in [0.15, 0.2) is 0 Å². The molecule has 1 aromatic carbocycles. The molecule has 108 valence electrons. The van der Waals surface area contributed by atoms with E-state index < -0.39 is 16.0 Å². The molecule has 20 heavy (non-hydrogen) atoms. The summed E-state index contributed by atoms with van der Waals surface area (Å²) in [4.78, 5) is 10.9. The number of rotatable bonds is 6. The molecule has 0 radical (unpaired) electrons. The second kappa shape index (κ2) is 6.23. The van der Waals surface area contributed by atoms with Gasteiger partial charge in [-0.2, -0.15) is 0 Å². The molecule has 1 aromatic heterocycles. The zero-order valence-electron chi connectivity index (χ0n) is 11.0. The minimum atomic E-state index is -3.44. The smallest absolute Gasteiger partial charge is 0.305 e. The summed E-state index contributed by atoms with van der Waals surface area (Å²) in [7, 11) is -2.16. The number of thiophene rings is 1. The predicted molar refractivity (Wildman–Crippen MR) is 80.5 cm³/mol. The van der Waals surface area contributed by atoms with Crippen LogP contribution in [-0.2, 0) is 19.6 Å². The van der Waals surface area contributed by atoms with Gasteiger partial charge in [0.2, 0.25) is 10.0 Å². The van der Waals surface area contributed by atoms with Crippen molar-refractivity contribution in [1.29, 1.82) is 0 Å². The third-order valence-corrected chi connectivity index (χ3v) is 5.02. The summed E-state index contributed by atoms with van der Waals surface area (Å²) in [6.45, 7) is 0. The normalized spacial score (nSPS) is 11.4. The number of hydrogen-bond donors (Lipinski definition) is 1. The van der Waals surface area contributed by atoms with E-state index in [0.717, 1.165) is 10.1 Å². The Bertz CT molecular complexity index is 706. The van der Waals surface area contributed by atoms with E-state index in [1.807, 2.05) is 17.5 Å². The van der Waals surface area contributed by atoms with Crippen molar-refractivity contribution in [1.82, 2.24) is 0 Å². The van der Waals surface area contributed by atoms with Gasteiger partial charge in [-0.1, -0.05) is 0 Å². The number of hydrogen-bond acceptors (Lipinski definition) is 5. The fraction of sp³-hybridized carbons (Fsp3) is 0.308. The number of esters is 1. The van der Waals surface area contributed by atoms with E-state index in [-0.39, 0.29) is 18.6 Å². The van der Waals surface area contributed by atoms with Crippen LogP contribution in [0.3, 0.4) is 0 Å². The third kappa shape index (κ3) is 3.94. The first kappa shape index (κ1) is 14.8. The second-order valence-electron chi connectivity index (χ2n) is 4.27. The number of ether oxygens (including phenoxy) is 1. The molecule has 0 saturated heterocycles. The summed E-state index contributed by atoms with van der Waals surface area (Å²) < 4.78 is 31.9. The van der Waals surface area contributed by atoms with E-state index in [1.54, 1.807) is 23.5 Å². The Kier molecular flexibility index (Phi) is 4.61. The maximum atomic E-state index is 11.9. The third-order valence-electron chi connectivity index (χ3n) is 2.75. The van der Waals surface area contributed by atoms with Crippen molar-refractivity contribution in [3.63, 3.8) is 0 Å². The zero-order chi connectivity index (χ0) is 14.6. The largest absolute Gasteiger partial charge is 0.469 e. The van der Waals surface area contributed by atoms with Crippen molar-refractivity contribution in [2.75, 3.05) is 17.6 Å². The molecular weight excluding hydrogens is 298 g/mol. The Morgan fingerprint density at radius 1 is 1.35 bits per heavy atom. The number of nitrogens with one attached hydrogen (secondary N) is 1. The highest BCUT2D eigenvalue weighted by atomic mass is 32.2. The Balaban J connectivity index is 1.98. The number of anilines is 1. The topological polar surface area (TPSA) is 72.5 Å². The number of carbonyl (C=O) groups is 1. The molecule has 2 rings (SSSR count). The molecule has 0 saturated carbocycles. The Morgan fingerprint density at radius 2 is 2.15 bits per heavy atom.